The van der Waals surface area contributed by atoms with Gasteiger partial charge in [-0.2, -0.15) is 0 Å². The number of ether oxygens (including phenoxy) is 1. The second-order valence-corrected chi connectivity index (χ2v) is 7.91. The van der Waals surface area contributed by atoms with Gasteiger partial charge in [-0.05, 0) is 74.7 Å². The van der Waals surface area contributed by atoms with Crippen LogP contribution in [0.1, 0.15) is 31.2 Å². The van der Waals surface area contributed by atoms with E-state index in [4.69, 9.17) is 4.74 Å². The number of anilines is 2. The summed E-state index contributed by atoms with van der Waals surface area (Å²) < 4.78 is 5.98. The third-order valence-electron chi connectivity index (χ3n) is 5.80. The minimum absolute atomic E-state index is 0.0998. The predicted octanol–water partition coefficient (Wildman–Crippen LogP) is 3.94. The average molecular weight is 394 g/mol. The molecule has 2 aliphatic heterocycles. The van der Waals surface area contributed by atoms with E-state index in [0.29, 0.717) is 6.54 Å². The van der Waals surface area contributed by atoms with Crippen molar-refractivity contribution in [3.8, 4) is 5.75 Å². The molecule has 154 valence electrons. The lowest BCUT2D eigenvalue weighted by molar-refractivity contribution is -0.116. The Morgan fingerprint density at radius 1 is 1.00 bits per heavy atom. The lowest BCUT2D eigenvalue weighted by Crippen LogP contribution is -2.34. The van der Waals surface area contributed by atoms with E-state index in [0.717, 1.165) is 49.7 Å². The van der Waals surface area contributed by atoms with Gasteiger partial charge in [-0.25, -0.2) is 0 Å². The maximum Gasteiger partial charge on any atom is 0.246 e. The highest BCUT2D eigenvalue weighted by Gasteiger charge is 2.24. The van der Waals surface area contributed by atoms with Crippen LogP contribution in [-0.4, -0.2) is 50.1 Å². The van der Waals surface area contributed by atoms with Crippen molar-refractivity contribution in [1.29, 1.82) is 0 Å². The number of likely N-dealkylation sites (tertiary alicyclic amines) is 1. The molecule has 2 aromatic carbocycles. The number of rotatable bonds is 8. The lowest BCUT2D eigenvalue weighted by atomic mass is 10.1. The molecule has 0 unspecified atom stereocenters. The van der Waals surface area contributed by atoms with Gasteiger partial charge < -0.3 is 19.9 Å². The van der Waals surface area contributed by atoms with Crippen molar-refractivity contribution in [3.05, 3.63) is 54.1 Å². The first-order chi connectivity index (χ1) is 14.3. The van der Waals surface area contributed by atoms with E-state index < -0.39 is 0 Å². The van der Waals surface area contributed by atoms with Crippen LogP contribution in [0.2, 0.25) is 0 Å². The molecule has 0 atom stereocenters. The van der Waals surface area contributed by atoms with Crippen LogP contribution in [0.5, 0.6) is 5.75 Å². The molecule has 1 N–H and O–H groups in total. The molecule has 0 bridgehead atoms. The van der Waals surface area contributed by atoms with Crippen LogP contribution in [-0.2, 0) is 11.2 Å². The Morgan fingerprint density at radius 2 is 1.83 bits per heavy atom. The summed E-state index contributed by atoms with van der Waals surface area (Å²) in [6.07, 6.45) is 6.00. The van der Waals surface area contributed by atoms with Crippen molar-refractivity contribution in [2.24, 2.45) is 0 Å². The van der Waals surface area contributed by atoms with E-state index in [9.17, 15) is 4.79 Å². The molecule has 2 aliphatic rings. The average Bonchev–Trinajstić information content (AvgIpc) is 3.20. The molecule has 0 aromatic heterocycles. The van der Waals surface area contributed by atoms with E-state index in [1.807, 2.05) is 47.4 Å². The molecule has 0 saturated carbocycles. The molecule has 0 radical (unpaired) electrons. The van der Waals surface area contributed by atoms with Gasteiger partial charge in [-0.1, -0.05) is 24.6 Å². The normalized spacial score (nSPS) is 16.5. The van der Waals surface area contributed by atoms with Crippen molar-refractivity contribution >= 4 is 17.3 Å². The van der Waals surface area contributed by atoms with Gasteiger partial charge in [-0.3, -0.25) is 4.79 Å². The molecule has 4 rings (SSSR count). The Labute approximate surface area is 173 Å². The van der Waals surface area contributed by atoms with E-state index >= 15 is 0 Å². The smallest absolute Gasteiger partial charge is 0.246 e. The molecular formula is C24H31N3O2. The maximum atomic E-state index is 12.7. The minimum Gasteiger partial charge on any atom is -0.494 e. The fraction of sp³-hybridized carbons (Fsp3) is 0.458. The third-order valence-corrected chi connectivity index (χ3v) is 5.80. The zero-order chi connectivity index (χ0) is 19.9. The predicted molar refractivity (Wildman–Crippen MR) is 118 cm³/mol. The monoisotopic (exact) mass is 393 g/mol. The zero-order valence-corrected chi connectivity index (χ0v) is 17.1. The number of nitrogens with zero attached hydrogens (tertiary/aromatic N) is 2. The number of hydrogen-bond acceptors (Lipinski definition) is 4. The van der Waals surface area contributed by atoms with Gasteiger partial charge in [0, 0.05) is 24.5 Å². The Balaban J connectivity index is 1.25. The van der Waals surface area contributed by atoms with E-state index in [1.54, 1.807) is 0 Å². The number of nitrogens with one attached hydrogen (secondary N) is 1. The number of fused-ring (bicyclic) bond motifs is 1. The van der Waals surface area contributed by atoms with Crippen molar-refractivity contribution in [3.63, 3.8) is 0 Å². The summed E-state index contributed by atoms with van der Waals surface area (Å²) in [6.45, 7) is 5.39. The number of hydrogen-bond donors (Lipinski definition) is 1. The Bertz CT molecular complexity index is 803. The van der Waals surface area contributed by atoms with Crippen molar-refractivity contribution < 1.29 is 9.53 Å². The summed E-state index contributed by atoms with van der Waals surface area (Å²) in [6, 6.07) is 16.0. The fourth-order valence-corrected chi connectivity index (χ4v) is 4.22. The van der Waals surface area contributed by atoms with Gasteiger partial charge >= 0.3 is 0 Å². The standard InChI is InChI=1S/C24H31N3O2/c28-24(19-25-21-8-3-1-4-9-21)27-16-12-20-18-22(10-11-23(20)27)29-17-7-15-26-13-5-2-6-14-26/h1,3-4,8-11,18,25H,2,5-7,12-17,19H2. The van der Waals surface area contributed by atoms with Gasteiger partial charge in [0.05, 0.1) is 13.2 Å². The molecule has 2 heterocycles. The first-order valence-corrected chi connectivity index (χ1v) is 10.9. The molecule has 0 aliphatic carbocycles. The number of carbonyl (C=O) groups is 1. The van der Waals surface area contributed by atoms with Crippen LogP contribution in [0.4, 0.5) is 11.4 Å². The summed E-state index contributed by atoms with van der Waals surface area (Å²) in [5, 5.41) is 3.20. The first kappa shape index (κ1) is 19.8. The van der Waals surface area contributed by atoms with Gasteiger partial charge in [0.15, 0.2) is 0 Å². The third kappa shape index (κ3) is 5.30. The van der Waals surface area contributed by atoms with Crippen molar-refractivity contribution in [1.82, 2.24) is 4.90 Å². The highest BCUT2D eigenvalue weighted by Crippen LogP contribution is 2.31. The lowest BCUT2D eigenvalue weighted by Gasteiger charge is -2.26. The minimum atomic E-state index is 0.0998. The molecule has 5 nitrogen and oxygen atoms in total. The SMILES string of the molecule is O=C(CNc1ccccc1)N1CCc2cc(OCCCN3CCCCC3)ccc21. The molecule has 2 aromatic rings. The Morgan fingerprint density at radius 3 is 2.66 bits per heavy atom. The van der Waals surface area contributed by atoms with Gasteiger partial charge in [-0.15, -0.1) is 0 Å². The molecular weight excluding hydrogens is 362 g/mol. The van der Waals surface area contributed by atoms with Crippen LogP contribution in [0.25, 0.3) is 0 Å². The van der Waals surface area contributed by atoms with Crippen LogP contribution in [0.15, 0.2) is 48.5 Å². The van der Waals surface area contributed by atoms with Gasteiger partial charge in [0.1, 0.15) is 5.75 Å². The van der Waals surface area contributed by atoms with Crippen molar-refractivity contribution in [2.75, 3.05) is 49.5 Å². The fourth-order valence-electron chi connectivity index (χ4n) is 4.22. The van der Waals surface area contributed by atoms with Crippen LogP contribution >= 0.6 is 0 Å². The summed E-state index contributed by atoms with van der Waals surface area (Å²) in [5.41, 5.74) is 3.19. The van der Waals surface area contributed by atoms with Gasteiger partial charge in [0.25, 0.3) is 0 Å². The number of para-hydroxylation sites is 1. The second kappa shape index (κ2) is 9.79. The summed E-state index contributed by atoms with van der Waals surface area (Å²) in [7, 11) is 0. The van der Waals surface area contributed by atoms with E-state index in [2.05, 4.69) is 16.3 Å². The summed E-state index contributed by atoms with van der Waals surface area (Å²) >= 11 is 0. The number of carbonyl (C=O) groups excluding carboxylic acids is 1. The Hall–Kier alpha value is -2.53. The topological polar surface area (TPSA) is 44.8 Å². The van der Waals surface area contributed by atoms with E-state index in [1.165, 1.54) is 37.9 Å². The molecule has 29 heavy (non-hydrogen) atoms. The molecule has 1 fully saturated rings. The maximum absolute atomic E-state index is 12.7. The quantitative estimate of drug-likeness (QED) is 0.690. The van der Waals surface area contributed by atoms with E-state index in [-0.39, 0.29) is 5.91 Å². The molecule has 0 spiro atoms. The van der Waals surface area contributed by atoms with Crippen LogP contribution in [0.3, 0.4) is 0 Å². The largest absolute Gasteiger partial charge is 0.494 e. The highest BCUT2D eigenvalue weighted by molar-refractivity contribution is 5.98. The zero-order valence-electron chi connectivity index (χ0n) is 17.1. The Kier molecular flexibility index (Phi) is 6.67. The molecule has 1 saturated heterocycles. The number of amides is 1. The summed E-state index contributed by atoms with van der Waals surface area (Å²) in [4.78, 5) is 17.1. The van der Waals surface area contributed by atoms with Crippen LogP contribution in [0, 0.1) is 0 Å². The first-order valence-electron chi connectivity index (χ1n) is 10.9. The molecule has 5 heteroatoms. The molecule has 1 amide bonds. The second-order valence-electron chi connectivity index (χ2n) is 7.91. The number of benzene rings is 2. The van der Waals surface area contributed by atoms with Crippen molar-refractivity contribution in [2.45, 2.75) is 32.1 Å². The highest BCUT2D eigenvalue weighted by atomic mass is 16.5. The van der Waals surface area contributed by atoms with Crippen LogP contribution < -0.4 is 15.0 Å². The number of piperidine rings is 1. The van der Waals surface area contributed by atoms with Gasteiger partial charge in [0.2, 0.25) is 5.91 Å². The summed E-state index contributed by atoms with van der Waals surface area (Å²) in [5.74, 6) is 1.02.